The average Bonchev–Trinajstić information content (AvgIpc) is 3.67. The van der Waals surface area contributed by atoms with Gasteiger partial charge in [-0.2, -0.15) is 0 Å². The van der Waals surface area contributed by atoms with Gasteiger partial charge in [-0.15, -0.1) is 23.1 Å². The molecule has 0 fully saturated rings. The first-order chi connectivity index (χ1) is 20.6. The van der Waals surface area contributed by atoms with Crippen molar-refractivity contribution in [1.82, 2.24) is 14.7 Å². The second-order valence-electron chi connectivity index (χ2n) is 9.21. The van der Waals surface area contributed by atoms with E-state index in [1.54, 1.807) is 23.5 Å². The van der Waals surface area contributed by atoms with E-state index in [2.05, 4.69) is 32.4 Å². The van der Waals surface area contributed by atoms with Crippen LogP contribution in [0, 0.1) is 6.92 Å². The second-order valence-corrected chi connectivity index (χ2v) is 15.9. The fraction of sp³-hybridized carbons (Fsp3) is 0.172. The Morgan fingerprint density at radius 2 is 1.70 bits per heavy atom. The van der Waals surface area contributed by atoms with Gasteiger partial charge in [0.1, 0.15) is 4.88 Å². The Morgan fingerprint density at radius 3 is 2.44 bits per heavy atom. The largest absolute Gasteiger partial charge is 0.465 e. The van der Waals surface area contributed by atoms with Gasteiger partial charge in [0.15, 0.2) is 5.16 Å². The van der Waals surface area contributed by atoms with Crippen LogP contribution in [0.4, 0.5) is 0 Å². The highest BCUT2D eigenvalue weighted by Crippen LogP contribution is 2.31. The van der Waals surface area contributed by atoms with Crippen molar-refractivity contribution < 1.29 is 26.4 Å². The van der Waals surface area contributed by atoms with Crippen LogP contribution in [0.1, 0.15) is 20.8 Å². The molecule has 0 amide bonds. The number of thioether (sulfide) groups is 2. The first-order valence-corrected chi connectivity index (χ1v) is 18.7. The van der Waals surface area contributed by atoms with Crippen LogP contribution in [0.25, 0.3) is 11.0 Å². The first kappa shape index (κ1) is 31.3. The van der Waals surface area contributed by atoms with Crippen LogP contribution in [0.3, 0.4) is 0 Å². The summed E-state index contributed by atoms with van der Waals surface area (Å²) in [7, 11) is -6.74. The molecule has 0 spiro atoms. The Balaban J connectivity index is 1.17. The third-order valence-electron chi connectivity index (χ3n) is 6.51. The highest BCUT2D eigenvalue weighted by atomic mass is 32.2. The zero-order valence-electron chi connectivity index (χ0n) is 23.1. The van der Waals surface area contributed by atoms with E-state index in [-0.39, 0.29) is 26.1 Å². The van der Waals surface area contributed by atoms with Gasteiger partial charge in [-0.3, -0.25) is 0 Å². The van der Waals surface area contributed by atoms with Gasteiger partial charge in [0, 0.05) is 22.9 Å². The van der Waals surface area contributed by atoms with E-state index in [0.29, 0.717) is 5.75 Å². The van der Waals surface area contributed by atoms with Gasteiger partial charge in [-0.1, -0.05) is 36.0 Å². The zero-order chi connectivity index (χ0) is 30.6. The molecule has 2 N–H and O–H groups in total. The van der Waals surface area contributed by atoms with Crippen LogP contribution < -0.4 is 4.72 Å². The lowest BCUT2D eigenvalue weighted by atomic mass is 10.1. The number of hydrogen-bond donors (Lipinski definition) is 2. The molecular weight excluding hydrogens is 647 g/mol. The second kappa shape index (κ2) is 13.2. The van der Waals surface area contributed by atoms with Crippen LogP contribution in [0.15, 0.2) is 103 Å². The standard InChI is InChI=1S/C29H27N3O6S5/c1-19-20(18-41-29-31-23-7-3-4-8-24(23)32-29)6-5-9-25(19)39-17-15-30-43(36,37)22-12-10-21(11-13-22)42(34,35)26-14-16-40-27(26)28(33)38-2/h3-14,16,30H,15,17-18H2,1-2H3,(H,31,32). The smallest absolute Gasteiger partial charge is 0.349 e. The minimum atomic E-state index is -4.05. The molecule has 5 rings (SSSR count). The number of carbonyl (C=O) groups excluding carboxylic acids is 1. The lowest BCUT2D eigenvalue weighted by Gasteiger charge is -2.11. The number of thiophene rings is 1. The maximum atomic E-state index is 13.1. The van der Waals surface area contributed by atoms with Crippen LogP contribution in [0.2, 0.25) is 0 Å². The quantitative estimate of drug-likeness (QED) is 0.0941. The third-order valence-corrected chi connectivity index (χ3v) is 12.9. The summed E-state index contributed by atoms with van der Waals surface area (Å²) >= 11 is 4.14. The number of H-pyrrole nitrogens is 1. The van der Waals surface area contributed by atoms with E-state index in [1.807, 2.05) is 36.4 Å². The minimum Gasteiger partial charge on any atom is -0.465 e. The van der Waals surface area contributed by atoms with Gasteiger partial charge >= 0.3 is 5.97 Å². The molecular formula is C29H27N3O6S5. The Morgan fingerprint density at radius 1 is 0.953 bits per heavy atom. The van der Waals surface area contributed by atoms with E-state index in [4.69, 9.17) is 0 Å². The van der Waals surface area contributed by atoms with Crippen LogP contribution in [-0.2, 0) is 30.4 Å². The monoisotopic (exact) mass is 673 g/mol. The summed E-state index contributed by atoms with van der Waals surface area (Å²) in [6.07, 6.45) is 0. The van der Waals surface area contributed by atoms with Crippen molar-refractivity contribution in [3.63, 3.8) is 0 Å². The predicted molar refractivity (Wildman–Crippen MR) is 170 cm³/mol. The summed E-state index contributed by atoms with van der Waals surface area (Å²) in [6.45, 7) is 2.24. The number of para-hydroxylation sites is 2. The predicted octanol–water partition coefficient (Wildman–Crippen LogP) is 5.92. The molecule has 43 heavy (non-hydrogen) atoms. The molecule has 14 heteroatoms. The summed E-state index contributed by atoms with van der Waals surface area (Å²) in [5.74, 6) is 0.494. The SMILES string of the molecule is COC(=O)c1sccc1S(=O)(=O)c1ccc(S(=O)(=O)NCCSc2cccc(CSc3nc4ccccc4[nH]3)c2C)cc1. The number of carbonyl (C=O) groups is 1. The third kappa shape index (κ3) is 7.00. The number of nitrogens with zero attached hydrogens (tertiary/aromatic N) is 1. The molecule has 2 aromatic heterocycles. The van der Waals surface area contributed by atoms with Gasteiger partial charge in [0.05, 0.1) is 32.8 Å². The molecule has 0 bridgehead atoms. The lowest BCUT2D eigenvalue weighted by Crippen LogP contribution is -2.26. The van der Waals surface area contributed by atoms with Gasteiger partial charge in [0.25, 0.3) is 0 Å². The summed E-state index contributed by atoms with van der Waals surface area (Å²) < 4.78 is 59.1. The number of fused-ring (bicyclic) bond motifs is 1. The number of methoxy groups -OCH3 is 1. The number of esters is 1. The number of sulfonamides is 1. The fourth-order valence-corrected chi connectivity index (χ4v) is 9.86. The van der Waals surface area contributed by atoms with E-state index < -0.39 is 25.8 Å². The number of aromatic amines is 1. The van der Waals surface area contributed by atoms with Crippen molar-refractivity contribution in [1.29, 1.82) is 0 Å². The Kier molecular flexibility index (Phi) is 9.63. The van der Waals surface area contributed by atoms with E-state index in [1.165, 1.54) is 48.4 Å². The Bertz CT molecular complexity index is 1950. The summed E-state index contributed by atoms with van der Waals surface area (Å²) in [4.78, 5) is 20.6. The van der Waals surface area contributed by atoms with Gasteiger partial charge in [-0.25, -0.2) is 31.3 Å². The van der Waals surface area contributed by atoms with Gasteiger partial charge in [0.2, 0.25) is 19.9 Å². The number of ether oxygens (including phenoxy) is 1. The Labute approximate surface area is 262 Å². The molecule has 5 aromatic rings. The van der Waals surface area contributed by atoms with Crippen molar-refractivity contribution >= 4 is 71.7 Å². The summed E-state index contributed by atoms with van der Waals surface area (Å²) in [6, 6.07) is 20.2. The maximum Gasteiger partial charge on any atom is 0.349 e. The molecule has 0 atom stereocenters. The number of benzene rings is 3. The fourth-order valence-electron chi connectivity index (χ4n) is 4.21. The minimum absolute atomic E-state index is 0.0379. The topological polar surface area (TPSA) is 135 Å². The first-order valence-electron chi connectivity index (χ1n) is 12.9. The van der Waals surface area contributed by atoms with Crippen molar-refractivity contribution in [3.05, 3.63) is 94.2 Å². The number of aromatic nitrogens is 2. The van der Waals surface area contributed by atoms with E-state index in [9.17, 15) is 21.6 Å². The molecule has 0 radical (unpaired) electrons. The molecule has 0 saturated carbocycles. The van der Waals surface area contributed by atoms with Crippen LogP contribution in [-0.4, -0.2) is 52.2 Å². The Hall–Kier alpha value is -3.14. The molecule has 2 heterocycles. The van der Waals surface area contributed by atoms with Crippen LogP contribution in [0.5, 0.6) is 0 Å². The van der Waals surface area contributed by atoms with E-state index in [0.717, 1.165) is 43.7 Å². The van der Waals surface area contributed by atoms with Crippen molar-refractivity contribution in [3.8, 4) is 0 Å². The molecule has 0 aliphatic heterocycles. The van der Waals surface area contributed by atoms with Crippen LogP contribution >= 0.6 is 34.9 Å². The highest BCUT2D eigenvalue weighted by molar-refractivity contribution is 7.99. The van der Waals surface area contributed by atoms with Gasteiger partial charge < -0.3 is 9.72 Å². The molecule has 224 valence electrons. The molecule has 0 aliphatic rings. The normalized spacial score (nSPS) is 12.0. The van der Waals surface area contributed by atoms with Crippen molar-refractivity contribution in [2.75, 3.05) is 19.4 Å². The average molecular weight is 674 g/mol. The summed E-state index contributed by atoms with van der Waals surface area (Å²) in [5, 5.41) is 2.34. The highest BCUT2D eigenvalue weighted by Gasteiger charge is 2.27. The number of rotatable bonds is 12. The zero-order valence-corrected chi connectivity index (χ0v) is 27.1. The molecule has 0 saturated heterocycles. The van der Waals surface area contributed by atoms with Gasteiger partial charge in [-0.05, 0) is 72.0 Å². The summed E-state index contributed by atoms with van der Waals surface area (Å²) in [5.41, 5.74) is 4.24. The number of hydrogen-bond acceptors (Lipinski definition) is 10. The molecule has 0 aliphatic carbocycles. The molecule has 0 unspecified atom stereocenters. The van der Waals surface area contributed by atoms with E-state index >= 15 is 0 Å². The molecule has 9 nitrogen and oxygen atoms in total. The number of nitrogens with one attached hydrogen (secondary N) is 2. The van der Waals surface area contributed by atoms with Crippen molar-refractivity contribution in [2.24, 2.45) is 0 Å². The molecule has 3 aromatic carbocycles. The van der Waals surface area contributed by atoms with Crippen molar-refractivity contribution in [2.45, 2.75) is 37.4 Å². The lowest BCUT2D eigenvalue weighted by molar-refractivity contribution is 0.0602. The number of sulfone groups is 1. The number of imidazole rings is 1. The maximum absolute atomic E-state index is 13.1.